The summed E-state index contributed by atoms with van der Waals surface area (Å²) in [6.07, 6.45) is 4.72. The molecule has 0 aliphatic rings. The summed E-state index contributed by atoms with van der Waals surface area (Å²) in [6.45, 7) is 3.51. The van der Waals surface area contributed by atoms with Crippen LogP contribution in [0, 0.1) is 6.92 Å². The molecular formula is C32H28N4O5S. The van der Waals surface area contributed by atoms with E-state index in [0.29, 0.717) is 22.5 Å². The van der Waals surface area contributed by atoms with E-state index < -0.39 is 23.0 Å². The quantitative estimate of drug-likeness (QED) is 0.141. The van der Waals surface area contributed by atoms with Gasteiger partial charge in [0, 0.05) is 34.2 Å². The van der Waals surface area contributed by atoms with Crippen LogP contribution >= 0.6 is 11.8 Å². The molecule has 1 aromatic heterocycles. The first kappa shape index (κ1) is 29.8. The lowest BCUT2D eigenvalue weighted by atomic mass is 10.1. The van der Waals surface area contributed by atoms with Crippen LogP contribution < -0.4 is 16.0 Å². The fourth-order valence-corrected chi connectivity index (χ4v) is 4.72. The monoisotopic (exact) mass is 580 g/mol. The second-order valence-electron chi connectivity index (χ2n) is 9.23. The lowest BCUT2D eigenvalue weighted by Gasteiger charge is -2.15. The summed E-state index contributed by atoms with van der Waals surface area (Å²) >= 11 is 1.28. The van der Waals surface area contributed by atoms with Crippen molar-refractivity contribution in [3.05, 3.63) is 125 Å². The number of nitrogens with zero attached hydrogens (tertiary/aromatic N) is 1. The Morgan fingerprint density at radius 3 is 2.38 bits per heavy atom. The van der Waals surface area contributed by atoms with Crippen molar-refractivity contribution >= 4 is 52.9 Å². The Labute approximate surface area is 247 Å². The maximum Gasteiger partial charge on any atom is 0.335 e. The lowest BCUT2D eigenvalue weighted by Crippen LogP contribution is -2.30. The smallest absolute Gasteiger partial charge is 0.335 e. The predicted molar refractivity (Wildman–Crippen MR) is 163 cm³/mol. The molecule has 4 N–H and O–H groups in total. The van der Waals surface area contributed by atoms with Crippen molar-refractivity contribution in [2.45, 2.75) is 24.0 Å². The van der Waals surface area contributed by atoms with Crippen molar-refractivity contribution in [2.75, 3.05) is 10.6 Å². The number of hydrogen-bond donors (Lipinski definition) is 4. The molecule has 212 valence electrons. The number of hydrogen-bond acceptors (Lipinski definition) is 6. The largest absolute Gasteiger partial charge is 0.478 e. The molecule has 0 aliphatic carbocycles. The Morgan fingerprint density at radius 1 is 0.881 bits per heavy atom. The summed E-state index contributed by atoms with van der Waals surface area (Å²) in [5.41, 5.74) is 2.78. The zero-order chi connectivity index (χ0) is 30.1. The number of amides is 3. The highest BCUT2D eigenvalue weighted by molar-refractivity contribution is 8.00. The topological polar surface area (TPSA) is 137 Å². The molecule has 3 aromatic carbocycles. The highest BCUT2D eigenvalue weighted by atomic mass is 32.2. The molecule has 4 rings (SSSR count). The third-order valence-corrected chi connectivity index (χ3v) is 7.13. The van der Waals surface area contributed by atoms with Crippen molar-refractivity contribution in [1.82, 2.24) is 10.3 Å². The molecule has 1 heterocycles. The average molecular weight is 581 g/mol. The molecule has 10 heteroatoms. The molecule has 0 aliphatic heterocycles. The highest BCUT2D eigenvalue weighted by Gasteiger charge is 2.18. The molecule has 0 bridgehead atoms. The number of carbonyl (C=O) groups is 4. The van der Waals surface area contributed by atoms with Crippen LogP contribution in [0.25, 0.3) is 6.08 Å². The number of thioether (sulfide) groups is 1. The van der Waals surface area contributed by atoms with Crippen molar-refractivity contribution in [1.29, 1.82) is 0 Å². The normalized spacial score (nSPS) is 11.7. The van der Waals surface area contributed by atoms with Gasteiger partial charge in [-0.3, -0.25) is 19.4 Å². The Kier molecular flexibility index (Phi) is 9.85. The summed E-state index contributed by atoms with van der Waals surface area (Å²) < 4.78 is 0. The van der Waals surface area contributed by atoms with Gasteiger partial charge in [-0.15, -0.1) is 11.8 Å². The van der Waals surface area contributed by atoms with Crippen LogP contribution in [0.15, 0.2) is 108 Å². The van der Waals surface area contributed by atoms with E-state index in [2.05, 4.69) is 20.9 Å². The van der Waals surface area contributed by atoms with Gasteiger partial charge in [0.05, 0.1) is 10.8 Å². The van der Waals surface area contributed by atoms with Crippen LogP contribution in [0.5, 0.6) is 0 Å². The van der Waals surface area contributed by atoms with Crippen LogP contribution in [0.2, 0.25) is 0 Å². The highest BCUT2D eigenvalue weighted by Crippen LogP contribution is 2.27. The van der Waals surface area contributed by atoms with Crippen molar-refractivity contribution in [3.8, 4) is 0 Å². The van der Waals surface area contributed by atoms with Gasteiger partial charge in [-0.05, 0) is 79.6 Å². The number of benzene rings is 3. The maximum atomic E-state index is 13.3. The predicted octanol–water partition coefficient (Wildman–Crippen LogP) is 5.62. The Bertz CT molecular complexity index is 1640. The molecule has 0 spiro atoms. The average Bonchev–Trinajstić information content (AvgIpc) is 2.98. The summed E-state index contributed by atoms with van der Waals surface area (Å²) in [7, 11) is 0. The van der Waals surface area contributed by atoms with Gasteiger partial charge < -0.3 is 21.1 Å². The zero-order valence-electron chi connectivity index (χ0n) is 22.8. The van der Waals surface area contributed by atoms with Crippen LogP contribution in [-0.4, -0.2) is 39.0 Å². The Morgan fingerprint density at radius 2 is 1.67 bits per heavy atom. The Balaban J connectivity index is 1.46. The van der Waals surface area contributed by atoms with E-state index in [1.165, 1.54) is 30.0 Å². The molecule has 42 heavy (non-hydrogen) atoms. The fraction of sp³-hybridized carbons (Fsp3) is 0.0938. The Hall–Kier alpha value is -5.22. The zero-order valence-corrected chi connectivity index (χ0v) is 23.6. The van der Waals surface area contributed by atoms with Gasteiger partial charge in [0.1, 0.15) is 5.70 Å². The van der Waals surface area contributed by atoms with Gasteiger partial charge in [-0.1, -0.05) is 36.4 Å². The van der Waals surface area contributed by atoms with Crippen LogP contribution in [0.4, 0.5) is 11.4 Å². The number of pyridine rings is 1. The number of carboxylic acids is 1. The molecule has 1 unspecified atom stereocenters. The standard InChI is InChI=1S/C32H28N4O5S/c1-20-13-14-24(32(40)41)17-27(20)35-29(37)21(2)42-26-12-6-11-25(18-26)34-31(39)28(16-22-8-7-15-33-19-22)36-30(38)23-9-4-3-5-10-23/h3-19,21H,1-2H3,(H,34,39)(H,35,37)(H,36,38)(H,40,41)/b28-16-. The van der Waals surface area contributed by atoms with Crippen LogP contribution in [0.1, 0.15) is 38.8 Å². The fourth-order valence-electron chi connectivity index (χ4n) is 3.80. The van der Waals surface area contributed by atoms with E-state index in [-0.39, 0.29) is 17.2 Å². The number of aryl methyl sites for hydroxylation is 1. The summed E-state index contributed by atoms with van der Waals surface area (Å²) in [5.74, 6) is -2.35. The number of carboxylic acid groups (broad SMARTS) is 1. The van der Waals surface area contributed by atoms with Crippen LogP contribution in [-0.2, 0) is 9.59 Å². The minimum atomic E-state index is -1.08. The molecule has 3 amide bonds. The van der Waals surface area contributed by atoms with Crippen molar-refractivity contribution in [2.24, 2.45) is 0 Å². The number of carbonyl (C=O) groups excluding carboxylic acids is 3. The molecule has 9 nitrogen and oxygen atoms in total. The first-order chi connectivity index (χ1) is 20.2. The molecule has 1 atom stereocenters. The lowest BCUT2D eigenvalue weighted by molar-refractivity contribution is -0.115. The van der Waals surface area contributed by atoms with Gasteiger partial charge in [0.15, 0.2) is 0 Å². The second kappa shape index (κ2) is 13.9. The molecule has 4 aromatic rings. The number of aromatic carboxylic acids is 1. The maximum absolute atomic E-state index is 13.3. The first-order valence-corrected chi connectivity index (χ1v) is 13.8. The van der Waals surface area contributed by atoms with E-state index >= 15 is 0 Å². The van der Waals surface area contributed by atoms with E-state index in [0.717, 1.165) is 10.5 Å². The minimum Gasteiger partial charge on any atom is -0.478 e. The summed E-state index contributed by atoms with van der Waals surface area (Å²) in [4.78, 5) is 55.1. The van der Waals surface area contributed by atoms with E-state index in [9.17, 15) is 24.3 Å². The summed E-state index contributed by atoms with van der Waals surface area (Å²) in [5, 5.41) is 17.0. The first-order valence-electron chi connectivity index (χ1n) is 12.9. The molecule has 0 radical (unpaired) electrons. The van der Waals surface area contributed by atoms with Crippen molar-refractivity contribution < 1.29 is 24.3 Å². The van der Waals surface area contributed by atoms with Gasteiger partial charge in [-0.25, -0.2) is 4.79 Å². The number of aromatic nitrogens is 1. The number of rotatable bonds is 10. The molecule has 0 fully saturated rings. The SMILES string of the molecule is Cc1ccc(C(=O)O)cc1NC(=O)C(C)Sc1cccc(NC(=O)/C(=C/c2cccnc2)NC(=O)c2ccccc2)c1. The number of nitrogens with one attached hydrogen (secondary N) is 3. The number of anilines is 2. The molecule has 0 saturated carbocycles. The van der Waals surface area contributed by atoms with E-state index in [4.69, 9.17) is 0 Å². The minimum absolute atomic E-state index is 0.0293. The van der Waals surface area contributed by atoms with Gasteiger partial charge in [0.2, 0.25) is 5.91 Å². The molecule has 0 saturated heterocycles. The van der Waals surface area contributed by atoms with Gasteiger partial charge in [-0.2, -0.15) is 0 Å². The summed E-state index contributed by atoms with van der Waals surface area (Å²) in [6, 6.07) is 23.6. The third-order valence-electron chi connectivity index (χ3n) is 6.04. The van der Waals surface area contributed by atoms with Crippen molar-refractivity contribution in [3.63, 3.8) is 0 Å². The van der Waals surface area contributed by atoms with E-state index in [1.54, 1.807) is 93.0 Å². The van der Waals surface area contributed by atoms with Gasteiger partial charge in [0.25, 0.3) is 11.8 Å². The van der Waals surface area contributed by atoms with E-state index in [1.807, 2.05) is 6.07 Å². The third kappa shape index (κ3) is 8.15. The van der Waals surface area contributed by atoms with Crippen LogP contribution in [0.3, 0.4) is 0 Å². The van der Waals surface area contributed by atoms with Gasteiger partial charge >= 0.3 is 5.97 Å². The molecular weight excluding hydrogens is 552 g/mol. The second-order valence-corrected chi connectivity index (χ2v) is 10.6.